The van der Waals surface area contributed by atoms with Crippen LogP contribution in [0.15, 0.2) is 37.4 Å². The van der Waals surface area contributed by atoms with E-state index in [4.69, 9.17) is 9.97 Å². The highest BCUT2D eigenvalue weighted by atomic mass is 16.4. The minimum absolute atomic E-state index is 0.0557. The lowest BCUT2D eigenvalue weighted by atomic mass is 9.98. The van der Waals surface area contributed by atoms with Gasteiger partial charge in [0.1, 0.15) is 6.04 Å². The molecule has 5 rings (SSSR count). The Bertz CT molecular complexity index is 2140. The van der Waals surface area contributed by atoms with Gasteiger partial charge in [0, 0.05) is 46.0 Å². The third-order valence-electron chi connectivity index (χ3n) is 9.48. The molecule has 10 heteroatoms. The van der Waals surface area contributed by atoms with E-state index in [-0.39, 0.29) is 31.1 Å². The number of hydrogen-bond donors (Lipinski definition) is 5. The van der Waals surface area contributed by atoms with Crippen LogP contribution in [0.4, 0.5) is 0 Å². The predicted molar refractivity (Wildman–Crippen MR) is 196 cm³/mol. The van der Waals surface area contributed by atoms with Crippen molar-refractivity contribution in [2.45, 2.75) is 73.3 Å². The van der Waals surface area contributed by atoms with E-state index in [0.29, 0.717) is 29.2 Å². The first-order valence-corrected chi connectivity index (χ1v) is 16.4. The van der Waals surface area contributed by atoms with E-state index < -0.39 is 18.0 Å². The first kappa shape index (κ1) is 34.8. The number of aromatic nitrogens is 4. The number of carboxylic acid groups (broad SMARTS) is 2. The van der Waals surface area contributed by atoms with Crippen molar-refractivity contribution >= 4 is 74.4 Å². The number of nitrogens with one attached hydrogen (secondary N) is 3. The molecule has 0 saturated heterocycles. The standard InChI is InChI=1S/C39H43N5O5/c1-9-24-20(5)28-15-29-23(8)27(12-14-37(46)47)35(42-29)18-34-26(11-13-36(45)44-38(19(3)4)39(48)49)22(7)31(43-34)17-33-25(10-2)21(6)30(41-33)16-32(24)40-28/h9-10,15-19,38,40-41H,1-2,11-14H2,3-8H3,(H,44,45)(H,46,47)(H,48,49)/t38-/m0/s1. The SMILES string of the molecule is C=Cc1c(C)c2cc3[nH]c(cc4nc(cc5nc(cc1[nH]2)C(C)=C5CCC(=O)N[C@H](C(=O)O)C(C)C)C(CCC(=O)O)=C4C)c(C)c3C=C. The largest absolute Gasteiger partial charge is 0.481 e. The second kappa shape index (κ2) is 13.9. The number of amides is 1. The number of nitrogens with zero attached hydrogens (tertiary/aromatic N) is 2. The molecular weight excluding hydrogens is 618 g/mol. The number of aromatic amines is 2. The molecule has 5 heterocycles. The summed E-state index contributed by atoms with van der Waals surface area (Å²) in [6.07, 6.45) is 4.23. The van der Waals surface area contributed by atoms with Gasteiger partial charge in [-0.1, -0.05) is 39.2 Å². The van der Waals surface area contributed by atoms with E-state index in [9.17, 15) is 24.6 Å². The predicted octanol–water partition coefficient (Wildman–Crippen LogP) is 7.95. The molecule has 1 atom stereocenters. The summed E-state index contributed by atoms with van der Waals surface area (Å²) in [6.45, 7) is 19.6. The zero-order chi connectivity index (χ0) is 35.7. The zero-order valence-electron chi connectivity index (χ0n) is 28.9. The Morgan fingerprint density at radius 1 is 0.735 bits per heavy atom. The molecule has 10 nitrogen and oxygen atoms in total. The van der Waals surface area contributed by atoms with Gasteiger partial charge in [0.2, 0.25) is 5.91 Å². The number of aliphatic carboxylic acids is 2. The fourth-order valence-corrected chi connectivity index (χ4v) is 6.53. The van der Waals surface area contributed by atoms with E-state index in [0.717, 1.165) is 66.6 Å². The monoisotopic (exact) mass is 661 g/mol. The van der Waals surface area contributed by atoms with Gasteiger partial charge in [-0.15, -0.1) is 0 Å². The van der Waals surface area contributed by atoms with Crippen LogP contribution in [-0.4, -0.2) is 54.0 Å². The Morgan fingerprint density at radius 2 is 1.20 bits per heavy atom. The lowest BCUT2D eigenvalue weighted by Crippen LogP contribution is -2.44. The highest BCUT2D eigenvalue weighted by Gasteiger charge is 2.26. The molecule has 49 heavy (non-hydrogen) atoms. The summed E-state index contributed by atoms with van der Waals surface area (Å²) in [5.74, 6) is -2.63. The van der Waals surface area contributed by atoms with Crippen molar-refractivity contribution in [3.63, 3.8) is 0 Å². The molecule has 2 aliphatic heterocycles. The number of hydrogen-bond acceptors (Lipinski definition) is 5. The maximum atomic E-state index is 13.0. The van der Waals surface area contributed by atoms with Gasteiger partial charge in [0.25, 0.3) is 0 Å². The van der Waals surface area contributed by atoms with Gasteiger partial charge < -0.3 is 25.5 Å². The third-order valence-corrected chi connectivity index (χ3v) is 9.48. The molecule has 5 N–H and O–H groups in total. The first-order chi connectivity index (χ1) is 23.2. The van der Waals surface area contributed by atoms with Crippen LogP contribution in [0, 0.1) is 19.8 Å². The van der Waals surface area contributed by atoms with Gasteiger partial charge in [-0.25, -0.2) is 14.8 Å². The number of rotatable bonds is 11. The summed E-state index contributed by atoms with van der Waals surface area (Å²) in [4.78, 5) is 53.5. The highest BCUT2D eigenvalue weighted by Crippen LogP contribution is 2.38. The Labute approximate surface area is 285 Å². The summed E-state index contributed by atoms with van der Waals surface area (Å²) >= 11 is 0. The zero-order valence-corrected chi connectivity index (χ0v) is 28.9. The summed E-state index contributed by atoms with van der Waals surface area (Å²) in [5, 5.41) is 21.8. The maximum absolute atomic E-state index is 13.0. The summed E-state index contributed by atoms with van der Waals surface area (Å²) in [5.41, 5.74) is 13.4. The molecular formula is C39H43N5O5. The third kappa shape index (κ3) is 6.90. The molecule has 8 bridgehead atoms. The van der Waals surface area contributed by atoms with Crippen LogP contribution in [0.1, 0.15) is 98.4 Å². The van der Waals surface area contributed by atoms with E-state index >= 15 is 0 Å². The van der Waals surface area contributed by atoms with Crippen molar-refractivity contribution in [2.75, 3.05) is 0 Å². The Balaban J connectivity index is 1.78. The lowest BCUT2D eigenvalue weighted by molar-refractivity contribution is -0.143. The number of H-pyrrole nitrogens is 2. The molecule has 0 saturated carbocycles. The first-order valence-electron chi connectivity index (χ1n) is 16.4. The number of allylic oxidation sites excluding steroid dienone is 4. The molecule has 1 amide bonds. The number of carbonyl (C=O) groups excluding carboxylic acids is 1. The quantitative estimate of drug-likeness (QED) is 0.139. The summed E-state index contributed by atoms with van der Waals surface area (Å²) in [6, 6.07) is 6.88. The summed E-state index contributed by atoms with van der Waals surface area (Å²) in [7, 11) is 0. The van der Waals surface area contributed by atoms with Crippen molar-refractivity contribution in [2.24, 2.45) is 5.92 Å². The molecule has 3 aromatic rings. The molecule has 3 aromatic heterocycles. The molecule has 0 fully saturated rings. The Hall–Kier alpha value is -5.51. The van der Waals surface area contributed by atoms with Gasteiger partial charge in [0.15, 0.2) is 0 Å². The Morgan fingerprint density at radius 3 is 1.67 bits per heavy atom. The second-order valence-electron chi connectivity index (χ2n) is 13.0. The van der Waals surface area contributed by atoms with Crippen LogP contribution in [0.5, 0.6) is 0 Å². The van der Waals surface area contributed by atoms with Crippen LogP contribution in [-0.2, 0) is 14.4 Å². The van der Waals surface area contributed by atoms with Gasteiger partial charge in [0.05, 0.1) is 22.8 Å². The second-order valence-corrected chi connectivity index (χ2v) is 13.0. The van der Waals surface area contributed by atoms with E-state index in [1.165, 1.54) is 0 Å². The smallest absolute Gasteiger partial charge is 0.326 e. The molecule has 254 valence electrons. The minimum atomic E-state index is -1.08. The van der Waals surface area contributed by atoms with Crippen molar-refractivity contribution in [1.82, 2.24) is 25.3 Å². The lowest BCUT2D eigenvalue weighted by Gasteiger charge is -2.18. The minimum Gasteiger partial charge on any atom is -0.481 e. The molecule has 0 radical (unpaired) electrons. The fraction of sp³-hybridized carbons (Fsp3) is 0.308. The molecule has 0 spiro atoms. The van der Waals surface area contributed by atoms with Gasteiger partial charge in [-0.2, -0.15) is 0 Å². The molecule has 2 aliphatic rings. The Kier molecular flexibility index (Phi) is 9.89. The maximum Gasteiger partial charge on any atom is 0.326 e. The fourth-order valence-electron chi connectivity index (χ4n) is 6.53. The molecule has 0 aromatic carbocycles. The van der Waals surface area contributed by atoms with Crippen LogP contribution < -0.4 is 5.32 Å². The van der Waals surface area contributed by atoms with Crippen molar-refractivity contribution in [3.05, 3.63) is 82.5 Å². The van der Waals surface area contributed by atoms with Crippen molar-refractivity contribution in [3.8, 4) is 0 Å². The van der Waals surface area contributed by atoms with E-state index in [2.05, 4.69) is 34.5 Å². The number of carbonyl (C=O) groups is 3. The van der Waals surface area contributed by atoms with Gasteiger partial charge >= 0.3 is 11.9 Å². The van der Waals surface area contributed by atoms with Crippen LogP contribution in [0.3, 0.4) is 0 Å². The molecule has 0 unspecified atom stereocenters. The van der Waals surface area contributed by atoms with E-state index in [1.54, 1.807) is 13.8 Å². The topological polar surface area (TPSA) is 161 Å². The highest BCUT2D eigenvalue weighted by molar-refractivity contribution is 5.97. The normalized spacial score (nSPS) is 13.5. The van der Waals surface area contributed by atoms with Crippen LogP contribution in [0.2, 0.25) is 0 Å². The summed E-state index contributed by atoms with van der Waals surface area (Å²) < 4.78 is 0. The number of carboxylic acids is 2. The average Bonchev–Trinajstić information content (AvgIpc) is 3.70. The van der Waals surface area contributed by atoms with Crippen molar-refractivity contribution < 1.29 is 24.6 Å². The number of aryl methyl sites for hydroxylation is 2. The van der Waals surface area contributed by atoms with E-state index in [1.807, 2.05) is 58.0 Å². The van der Waals surface area contributed by atoms with Crippen LogP contribution >= 0.6 is 0 Å². The van der Waals surface area contributed by atoms with Gasteiger partial charge in [-0.05, 0) is 104 Å². The van der Waals surface area contributed by atoms with Crippen LogP contribution in [0.25, 0.3) is 56.5 Å². The average molecular weight is 662 g/mol. The van der Waals surface area contributed by atoms with Gasteiger partial charge in [-0.3, -0.25) is 9.59 Å². The molecule has 0 aliphatic carbocycles. The van der Waals surface area contributed by atoms with Crippen molar-refractivity contribution in [1.29, 1.82) is 0 Å². The number of fused-ring (bicyclic) bond motifs is 8.